The van der Waals surface area contributed by atoms with Crippen molar-refractivity contribution in [1.29, 1.82) is 0 Å². The molecule has 34 heavy (non-hydrogen) atoms. The maximum atomic E-state index is 13.5. The molecule has 0 bridgehead atoms. The lowest BCUT2D eigenvalue weighted by atomic mass is 10.1. The molecule has 0 spiro atoms. The Morgan fingerprint density at radius 1 is 1.09 bits per heavy atom. The van der Waals surface area contributed by atoms with Crippen LogP contribution >= 0.6 is 23.2 Å². The number of benzene rings is 2. The molecule has 0 saturated heterocycles. The number of carbonyl (C=O) groups excluding carboxylic acids is 2. The Morgan fingerprint density at radius 3 is 2.24 bits per heavy atom. The van der Waals surface area contributed by atoms with Crippen LogP contribution in [0.3, 0.4) is 0 Å². The number of anilines is 1. The topological polar surface area (TPSA) is 90.0 Å². The molecule has 0 aromatic heterocycles. The van der Waals surface area contributed by atoms with Crippen LogP contribution < -0.4 is 9.62 Å². The third-order valence-corrected chi connectivity index (χ3v) is 7.41. The van der Waals surface area contributed by atoms with Crippen LogP contribution in [-0.4, -0.2) is 62.7 Å². The van der Waals surface area contributed by atoms with Crippen LogP contribution in [0.15, 0.2) is 42.5 Å². The van der Waals surface area contributed by atoms with Crippen LogP contribution in [-0.2, 0) is 26.3 Å². The van der Waals surface area contributed by atoms with E-state index in [2.05, 4.69) is 5.32 Å². The molecule has 186 valence electrons. The fraction of sp³-hybridized carbons (Fsp3) is 0.364. The molecule has 2 aromatic rings. The first-order valence-electron chi connectivity index (χ1n) is 10.3. The van der Waals surface area contributed by atoms with Gasteiger partial charge in [-0.15, -0.1) is 0 Å². The highest BCUT2D eigenvalue weighted by molar-refractivity contribution is 7.90. The van der Waals surface area contributed by atoms with Gasteiger partial charge in [0.25, 0.3) is 0 Å². The van der Waals surface area contributed by atoms with E-state index in [-0.39, 0.29) is 12.2 Å². The standard InChI is InChI=1S/C22H27Cl2FN4O4S/c1-5-26-22(31)15(2)28(13-16-6-7-17(23)12-20(16)24)21(30)14-29(34(32,33)27(3)4)19-10-8-18(25)9-11-19/h6-12,15H,5,13-14H2,1-4H3,(H,26,31). The minimum Gasteiger partial charge on any atom is -0.355 e. The summed E-state index contributed by atoms with van der Waals surface area (Å²) in [6.07, 6.45) is 0. The zero-order valence-electron chi connectivity index (χ0n) is 19.3. The molecule has 1 N–H and O–H groups in total. The number of likely N-dealkylation sites (N-methyl/N-ethyl adjacent to an activating group) is 1. The second-order valence-electron chi connectivity index (χ2n) is 7.60. The van der Waals surface area contributed by atoms with Crippen molar-refractivity contribution in [2.75, 3.05) is 31.5 Å². The van der Waals surface area contributed by atoms with Crippen LogP contribution in [0.5, 0.6) is 0 Å². The predicted molar refractivity (Wildman–Crippen MR) is 132 cm³/mol. The van der Waals surface area contributed by atoms with Gasteiger partial charge in [0.05, 0.1) is 5.69 Å². The number of nitrogens with one attached hydrogen (secondary N) is 1. The van der Waals surface area contributed by atoms with Gasteiger partial charge in [0.1, 0.15) is 18.4 Å². The lowest BCUT2D eigenvalue weighted by Crippen LogP contribution is -2.52. The molecule has 2 amide bonds. The first-order valence-corrected chi connectivity index (χ1v) is 12.5. The highest BCUT2D eigenvalue weighted by Crippen LogP contribution is 2.25. The van der Waals surface area contributed by atoms with Gasteiger partial charge in [-0.1, -0.05) is 29.3 Å². The second kappa shape index (κ2) is 11.8. The molecular weight excluding hydrogens is 506 g/mol. The molecule has 0 aliphatic carbocycles. The van der Waals surface area contributed by atoms with Gasteiger partial charge in [0.2, 0.25) is 11.8 Å². The smallest absolute Gasteiger partial charge is 0.304 e. The van der Waals surface area contributed by atoms with Gasteiger partial charge in [-0.3, -0.25) is 9.59 Å². The van der Waals surface area contributed by atoms with Crippen molar-refractivity contribution in [3.8, 4) is 0 Å². The van der Waals surface area contributed by atoms with E-state index in [0.29, 0.717) is 22.2 Å². The molecule has 0 fully saturated rings. The minimum atomic E-state index is -4.12. The van der Waals surface area contributed by atoms with Crippen molar-refractivity contribution in [3.63, 3.8) is 0 Å². The van der Waals surface area contributed by atoms with E-state index in [1.165, 1.54) is 44.1 Å². The summed E-state index contributed by atoms with van der Waals surface area (Å²) in [5, 5.41) is 3.36. The van der Waals surface area contributed by atoms with Crippen molar-refractivity contribution in [1.82, 2.24) is 14.5 Å². The van der Waals surface area contributed by atoms with Gasteiger partial charge in [-0.25, -0.2) is 8.70 Å². The predicted octanol–water partition coefficient (Wildman–Crippen LogP) is 3.30. The van der Waals surface area contributed by atoms with E-state index in [1.54, 1.807) is 19.1 Å². The Morgan fingerprint density at radius 2 is 1.71 bits per heavy atom. The molecule has 12 heteroatoms. The fourth-order valence-electron chi connectivity index (χ4n) is 3.06. The number of rotatable bonds is 10. The summed E-state index contributed by atoms with van der Waals surface area (Å²) < 4.78 is 41.3. The Bertz CT molecular complexity index is 1130. The van der Waals surface area contributed by atoms with Crippen molar-refractivity contribution in [2.45, 2.75) is 26.4 Å². The molecule has 0 saturated carbocycles. The highest BCUT2D eigenvalue weighted by atomic mass is 35.5. The van der Waals surface area contributed by atoms with Crippen LogP contribution in [0.25, 0.3) is 0 Å². The van der Waals surface area contributed by atoms with Crippen LogP contribution in [0.4, 0.5) is 10.1 Å². The summed E-state index contributed by atoms with van der Waals surface area (Å²) in [6.45, 7) is 2.94. The largest absolute Gasteiger partial charge is 0.355 e. The Balaban J connectivity index is 2.47. The highest BCUT2D eigenvalue weighted by Gasteiger charge is 2.32. The summed E-state index contributed by atoms with van der Waals surface area (Å²) in [5.74, 6) is -1.62. The molecular formula is C22H27Cl2FN4O4S. The first-order chi connectivity index (χ1) is 15.9. The van der Waals surface area contributed by atoms with Crippen molar-refractivity contribution < 1.29 is 22.4 Å². The van der Waals surface area contributed by atoms with E-state index >= 15 is 0 Å². The average molecular weight is 533 g/mol. The maximum Gasteiger partial charge on any atom is 0.304 e. The molecule has 1 atom stereocenters. The third kappa shape index (κ3) is 6.82. The lowest BCUT2D eigenvalue weighted by molar-refractivity contribution is -0.139. The molecule has 0 radical (unpaired) electrons. The number of hydrogen-bond donors (Lipinski definition) is 1. The summed E-state index contributed by atoms with van der Waals surface area (Å²) in [5.41, 5.74) is 0.623. The third-order valence-electron chi connectivity index (χ3n) is 5.01. The molecule has 1 unspecified atom stereocenters. The number of halogens is 3. The summed E-state index contributed by atoms with van der Waals surface area (Å²) in [7, 11) is -1.49. The van der Waals surface area contributed by atoms with Crippen LogP contribution in [0, 0.1) is 5.82 Å². The van der Waals surface area contributed by atoms with Gasteiger partial charge >= 0.3 is 10.2 Å². The quantitative estimate of drug-likeness (QED) is 0.508. The van der Waals surface area contributed by atoms with Gasteiger partial charge in [0.15, 0.2) is 0 Å². The van der Waals surface area contributed by atoms with E-state index in [1.807, 2.05) is 0 Å². The first kappa shape index (κ1) is 27.8. The average Bonchev–Trinajstić information content (AvgIpc) is 2.77. The van der Waals surface area contributed by atoms with Crippen molar-refractivity contribution in [2.24, 2.45) is 0 Å². The summed E-state index contributed by atoms with van der Waals surface area (Å²) >= 11 is 12.2. The Hall–Kier alpha value is -2.40. The number of hydrogen-bond acceptors (Lipinski definition) is 4. The van der Waals surface area contributed by atoms with Gasteiger partial charge < -0.3 is 10.2 Å². The van der Waals surface area contributed by atoms with E-state index in [0.717, 1.165) is 20.7 Å². The molecule has 8 nitrogen and oxygen atoms in total. The molecule has 0 aliphatic heterocycles. The Kier molecular flexibility index (Phi) is 9.69. The minimum absolute atomic E-state index is 0.0631. The van der Waals surface area contributed by atoms with E-state index < -0.39 is 40.4 Å². The zero-order chi connectivity index (χ0) is 25.6. The molecule has 0 aliphatic rings. The normalized spacial score (nSPS) is 12.4. The van der Waals surface area contributed by atoms with Crippen LogP contribution in [0.1, 0.15) is 19.4 Å². The van der Waals surface area contributed by atoms with E-state index in [9.17, 15) is 22.4 Å². The second-order valence-corrected chi connectivity index (χ2v) is 10.5. The van der Waals surface area contributed by atoms with E-state index in [4.69, 9.17) is 23.2 Å². The Labute approximate surface area is 209 Å². The monoisotopic (exact) mass is 532 g/mol. The van der Waals surface area contributed by atoms with Crippen molar-refractivity contribution >= 4 is 50.9 Å². The molecule has 2 rings (SSSR count). The zero-order valence-corrected chi connectivity index (χ0v) is 21.6. The van der Waals surface area contributed by atoms with Gasteiger partial charge in [-0.05, 0) is 55.8 Å². The molecule has 2 aromatic carbocycles. The van der Waals surface area contributed by atoms with Gasteiger partial charge in [-0.2, -0.15) is 12.7 Å². The van der Waals surface area contributed by atoms with Gasteiger partial charge in [0, 0.05) is 37.2 Å². The number of carbonyl (C=O) groups is 2. The number of amides is 2. The van der Waals surface area contributed by atoms with Crippen LogP contribution in [0.2, 0.25) is 10.0 Å². The number of nitrogens with zero attached hydrogens (tertiary/aromatic N) is 3. The lowest BCUT2D eigenvalue weighted by Gasteiger charge is -2.33. The summed E-state index contributed by atoms with van der Waals surface area (Å²) in [6, 6.07) is 8.53. The maximum absolute atomic E-state index is 13.5. The molecule has 0 heterocycles. The fourth-order valence-corrected chi connectivity index (χ4v) is 4.59. The van der Waals surface area contributed by atoms with Crippen molar-refractivity contribution in [3.05, 3.63) is 63.9 Å². The SMILES string of the molecule is CCNC(=O)C(C)N(Cc1ccc(Cl)cc1Cl)C(=O)CN(c1ccc(F)cc1)S(=O)(=O)N(C)C. The summed E-state index contributed by atoms with van der Waals surface area (Å²) in [4.78, 5) is 27.3.